The highest BCUT2D eigenvalue weighted by molar-refractivity contribution is 8.13. The molecule has 1 aromatic rings. The Morgan fingerprint density at radius 3 is 2.47 bits per heavy atom. The largest absolute Gasteiger partial charge is 0.508 e. The summed E-state index contributed by atoms with van der Waals surface area (Å²) < 4.78 is 21.5. The number of hydrogen-bond acceptors (Lipinski definition) is 3. The van der Waals surface area contributed by atoms with Crippen LogP contribution in [0.5, 0.6) is 5.75 Å². The van der Waals surface area contributed by atoms with E-state index >= 15 is 0 Å². The minimum absolute atomic E-state index is 0.000293. The fourth-order valence-corrected chi connectivity index (χ4v) is 2.27. The second kappa shape index (κ2) is 4.60. The molecule has 0 saturated carbocycles. The molecule has 0 aliphatic heterocycles. The summed E-state index contributed by atoms with van der Waals surface area (Å²) in [5.41, 5.74) is 1.22. The first-order chi connectivity index (χ1) is 6.79. The van der Waals surface area contributed by atoms with Crippen molar-refractivity contribution in [2.75, 3.05) is 5.75 Å². The van der Waals surface area contributed by atoms with Gasteiger partial charge >= 0.3 is 0 Å². The van der Waals surface area contributed by atoms with Crippen LogP contribution in [0.25, 0.3) is 0 Å². The summed E-state index contributed by atoms with van der Waals surface area (Å²) in [7, 11) is 1.50. The lowest BCUT2D eigenvalue weighted by atomic mass is 10.1. The molecular formula is C9H10Cl2O3S. The summed E-state index contributed by atoms with van der Waals surface area (Å²) in [5.74, 6) is -0.245. The van der Waals surface area contributed by atoms with Gasteiger partial charge in [0.15, 0.2) is 0 Å². The maximum absolute atomic E-state index is 10.7. The number of phenols is 1. The summed E-state index contributed by atoms with van der Waals surface area (Å²) in [6.07, 6.45) is 0.108. The molecule has 0 fully saturated rings. The maximum atomic E-state index is 10.7. The molecule has 1 rings (SSSR count). The van der Waals surface area contributed by atoms with Crippen molar-refractivity contribution >= 4 is 31.3 Å². The average Bonchev–Trinajstić information content (AvgIpc) is 1.99. The third-order valence-corrected chi connectivity index (χ3v) is 3.40. The topological polar surface area (TPSA) is 54.4 Å². The van der Waals surface area contributed by atoms with Crippen molar-refractivity contribution in [3.05, 3.63) is 28.3 Å². The van der Waals surface area contributed by atoms with Gasteiger partial charge in [-0.25, -0.2) is 8.42 Å². The van der Waals surface area contributed by atoms with Gasteiger partial charge in [0, 0.05) is 21.3 Å². The highest BCUT2D eigenvalue weighted by atomic mass is 35.7. The van der Waals surface area contributed by atoms with E-state index in [2.05, 4.69) is 0 Å². The van der Waals surface area contributed by atoms with Crippen molar-refractivity contribution in [3.8, 4) is 5.75 Å². The van der Waals surface area contributed by atoms with Crippen LogP contribution in [0.2, 0.25) is 5.02 Å². The van der Waals surface area contributed by atoms with Crippen LogP contribution in [-0.2, 0) is 15.5 Å². The molecule has 1 N–H and O–H groups in total. The van der Waals surface area contributed by atoms with Crippen molar-refractivity contribution in [1.29, 1.82) is 0 Å². The Bertz CT molecular complexity index is 445. The van der Waals surface area contributed by atoms with Crippen molar-refractivity contribution < 1.29 is 13.5 Å². The Hall–Kier alpha value is -0.450. The van der Waals surface area contributed by atoms with Crippen LogP contribution >= 0.6 is 22.3 Å². The molecule has 0 amide bonds. The molecule has 84 valence electrons. The summed E-state index contributed by atoms with van der Waals surface area (Å²) in [5, 5.41) is 9.90. The molecule has 0 heterocycles. The highest BCUT2D eigenvalue weighted by Crippen LogP contribution is 2.28. The minimum atomic E-state index is -3.56. The Labute approximate surface area is 98.1 Å². The zero-order valence-electron chi connectivity index (χ0n) is 8.00. The molecule has 0 bridgehead atoms. The molecule has 0 radical (unpaired) electrons. The van der Waals surface area contributed by atoms with Crippen molar-refractivity contribution in [1.82, 2.24) is 0 Å². The van der Waals surface area contributed by atoms with E-state index < -0.39 is 9.05 Å². The molecule has 6 heteroatoms. The standard InChI is InChI=1S/C9H10Cl2O3S/c1-6-4-8(10)7(9(12)5-6)2-3-15(11,13)14/h4-5,12H,2-3H2,1H3. The summed E-state index contributed by atoms with van der Waals surface area (Å²) in [6, 6.07) is 3.19. The molecule has 3 nitrogen and oxygen atoms in total. The first-order valence-electron chi connectivity index (χ1n) is 4.20. The Morgan fingerprint density at radius 2 is 2.00 bits per heavy atom. The predicted octanol–water partition coefficient (Wildman–Crippen LogP) is 2.47. The molecule has 0 atom stereocenters. The normalized spacial score (nSPS) is 11.7. The van der Waals surface area contributed by atoms with Gasteiger partial charge in [-0.05, 0) is 31.0 Å². The highest BCUT2D eigenvalue weighted by Gasteiger charge is 2.12. The van der Waals surface area contributed by atoms with Gasteiger partial charge in [-0.15, -0.1) is 0 Å². The van der Waals surface area contributed by atoms with Gasteiger partial charge in [0.25, 0.3) is 0 Å². The third kappa shape index (κ3) is 3.89. The summed E-state index contributed by atoms with van der Waals surface area (Å²) in [4.78, 5) is 0. The molecule has 1 aromatic carbocycles. The van der Waals surface area contributed by atoms with E-state index in [0.717, 1.165) is 5.56 Å². The lowest BCUT2D eigenvalue weighted by Gasteiger charge is -2.07. The number of benzene rings is 1. The Morgan fingerprint density at radius 1 is 1.40 bits per heavy atom. The first kappa shape index (κ1) is 12.6. The van der Waals surface area contributed by atoms with Crippen LogP contribution in [0, 0.1) is 6.92 Å². The number of hydrogen-bond donors (Lipinski definition) is 1. The SMILES string of the molecule is Cc1cc(O)c(CCS(=O)(=O)Cl)c(Cl)c1. The number of phenolic OH excluding ortho intramolecular Hbond substituents is 1. The molecule has 15 heavy (non-hydrogen) atoms. The summed E-state index contributed by atoms with van der Waals surface area (Å²) in [6.45, 7) is 1.79. The van der Waals surface area contributed by atoms with Crippen LogP contribution in [0.3, 0.4) is 0 Å². The second-order valence-electron chi connectivity index (χ2n) is 3.24. The van der Waals surface area contributed by atoms with Crippen LogP contribution in [-0.4, -0.2) is 19.3 Å². The number of aryl methyl sites for hydroxylation is 1. The fraction of sp³-hybridized carbons (Fsp3) is 0.333. The number of halogens is 2. The van der Waals surface area contributed by atoms with E-state index in [1.807, 2.05) is 0 Å². The van der Waals surface area contributed by atoms with Crippen LogP contribution in [0.1, 0.15) is 11.1 Å². The molecule has 0 spiro atoms. The fourth-order valence-electron chi connectivity index (χ4n) is 1.23. The van der Waals surface area contributed by atoms with Gasteiger partial charge in [0.05, 0.1) is 5.75 Å². The smallest absolute Gasteiger partial charge is 0.232 e. The van der Waals surface area contributed by atoms with E-state index in [1.54, 1.807) is 13.0 Å². The molecule has 0 aromatic heterocycles. The van der Waals surface area contributed by atoms with Crippen molar-refractivity contribution in [2.45, 2.75) is 13.3 Å². The van der Waals surface area contributed by atoms with Gasteiger partial charge in [-0.3, -0.25) is 0 Å². The molecule has 0 aliphatic rings. The minimum Gasteiger partial charge on any atom is -0.508 e. The van der Waals surface area contributed by atoms with Gasteiger partial charge in [0.1, 0.15) is 5.75 Å². The zero-order chi connectivity index (χ0) is 11.6. The van der Waals surface area contributed by atoms with E-state index in [-0.39, 0.29) is 17.9 Å². The predicted molar refractivity (Wildman–Crippen MR) is 61.2 cm³/mol. The van der Waals surface area contributed by atoms with E-state index in [4.69, 9.17) is 22.3 Å². The molecular weight excluding hydrogens is 259 g/mol. The molecule has 0 saturated heterocycles. The van der Waals surface area contributed by atoms with Gasteiger partial charge in [-0.1, -0.05) is 11.6 Å². The van der Waals surface area contributed by atoms with Crippen molar-refractivity contribution in [3.63, 3.8) is 0 Å². The lowest BCUT2D eigenvalue weighted by molar-refractivity contribution is 0.468. The number of rotatable bonds is 3. The van der Waals surface area contributed by atoms with Crippen LogP contribution in [0.4, 0.5) is 0 Å². The third-order valence-electron chi connectivity index (χ3n) is 1.91. The van der Waals surface area contributed by atoms with Crippen LogP contribution < -0.4 is 0 Å². The number of aromatic hydroxyl groups is 1. The summed E-state index contributed by atoms with van der Waals surface area (Å²) >= 11 is 5.87. The van der Waals surface area contributed by atoms with Crippen LogP contribution in [0.15, 0.2) is 12.1 Å². The van der Waals surface area contributed by atoms with Crippen molar-refractivity contribution in [2.24, 2.45) is 0 Å². The van der Waals surface area contributed by atoms with Gasteiger partial charge in [-0.2, -0.15) is 0 Å². The Kier molecular flexibility index (Phi) is 3.87. The molecule has 0 aliphatic carbocycles. The van der Waals surface area contributed by atoms with Gasteiger partial charge in [0.2, 0.25) is 9.05 Å². The van der Waals surface area contributed by atoms with Gasteiger partial charge < -0.3 is 5.11 Å². The zero-order valence-corrected chi connectivity index (χ0v) is 10.3. The lowest BCUT2D eigenvalue weighted by Crippen LogP contribution is -2.02. The average molecular weight is 269 g/mol. The Balaban J connectivity index is 2.96. The molecule has 0 unspecified atom stereocenters. The first-order valence-corrected chi connectivity index (χ1v) is 7.05. The quantitative estimate of drug-likeness (QED) is 0.857. The van der Waals surface area contributed by atoms with E-state index in [1.165, 1.54) is 6.07 Å². The van der Waals surface area contributed by atoms with E-state index in [0.29, 0.717) is 10.6 Å². The monoisotopic (exact) mass is 268 g/mol. The van der Waals surface area contributed by atoms with E-state index in [9.17, 15) is 13.5 Å². The second-order valence-corrected chi connectivity index (χ2v) is 6.54. The maximum Gasteiger partial charge on any atom is 0.232 e.